The fraction of sp³-hybridized carbons (Fsp3) is 0.118. The van der Waals surface area contributed by atoms with Gasteiger partial charge in [0.2, 0.25) is 9.84 Å². The maximum Gasteiger partial charge on any atom is 0.211 e. The molecule has 0 radical (unpaired) electrons. The fourth-order valence-electron chi connectivity index (χ4n) is 1.97. The molecule has 0 heterocycles. The number of allylic oxidation sites excluding steroid dienone is 1. The third-order valence-electron chi connectivity index (χ3n) is 3.31. The van der Waals surface area contributed by atoms with Gasteiger partial charge >= 0.3 is 0 Å². The highest BCUT2D eigenvalue weighted by Crippen LogP contribution is 2.23. The van der Waals surface area contributed by atoms with Crippen LogP contribution < -0.4 is 0 Å². The molecule has 0 saturated heterocycles. The lowest BCUT2D eigenvalue weighted by Crippen LogP contribution is -2.11. The van der Waals surface area contributed by atoms with Crippen molar-refractivity contribution in [1.29, 1.82) is 0 Å². The summed E-state index contributed by atoms with van der Waals surface area (Å²) in [5, 5.41) is 0.373. The van der Waals surface area contributed by atoms with E-state index in [-0.39, 0.29) is 4.90 Å². The Morgan fingerprint density at radius 3 is 2.04 bits per heavy atom. The standard InChI is InChI=1S/C17H16ClNO4S2/c1-13(20)17(25(22,23)16-10-8-14(18)9-11-16)12-19-24(2,21)15-6-4-3-5-7-15/h3-12H,1-2H3. The number of carbonyl (C=O) groups is 1. The van der Waals surface area contributed by atoms with E-state index in [1.54, 1.807) is 30.3 Å². The van der Waals surface area contributed by atoms with Crippen LogP contribution in [0.1, 0.15) is 6.92 Å². The molecule has 25 heavy (non-hydrogen) atoms. The number of ketones is 1. The molecule has 0 fully saturated rings. The molecule has 0 saturated carbocycles. The summed E-state index contributed by atoms with van der Waals surface area (Å²) < 4.78 is 41.9. The molecule has 2 aromatic carbocycles. The Kier molecular flexibility index (Phi) is 5.82. The molecule has 5 nitrogen and oxygen atoms in total. The monoisotopic (exact) mass is 397 g/mol. The van der Waals surface area contributed by atoms with Crippen LogP contribution in [0.25, 0.3) is 0 Å². The molecule has 8 heteroatoms. The van der Waals surface area contributed by atoms with Crippen molar-refractivity contribution >= 4 is 37.0 Å². The second-order valence-electron chi connectivity index (χ2n) is 5.23. The molecular weight excluding hydrogens is 382 g/mol. The Balaban J connectivity index is 2.57. The molecule has 0 aliphatic rings. The second-order valence-corrected chi connectivity index (χ2v) is 9.87. The van der Waals surface area contributed by atoms with E-state index in [1.807, 2.05) is 0 Å². The zero-order valence-corrected chi connectivity index (χ0v) is 15.9. The molecule has 0 aromatic heterocycles. The van der Waals surface area contributed by atoms with E-state index in [9.17, 15) is 17.4 Å². The number of benzene rings is 2. The Labute approximate surface area is 152 Å². The average molecular weight is 398 g/mol. The van der Waals surface area contributed by atoms with Crippen LogP contribution in [-0.2, 0) is 24.4 Å². The molecule has 1 unspecified atom stereocenters. The normalized spacial score (nSPS) is 14.6. The molecule has 2 aromatic rings. The lowest BCUT2D eigenvalue weighted by Gasteiger charge is -2.07. The molecule has 0 spiro atoms. The van der Waals surface area contributed by atoms with Gasteiger partial charge in [0.05, 0.1) is 20.8 Å². The summed E-state index contributed by atoms with van der Waals surface area (Å²) in [6.45, 7) is 1.12. The minimum Gasteiger partial charge on any atom is -0.294 e. The van der Waals surface area contributed by atoms with Crippen LogP contribution >= 0.6 is 11.6 Å². The van der Waals surface area contributed by atoms with Gasteiger partial charge in [0, 0.05) is 16.2 Å². The summed E-state index contributed by atoms with van der Waals surface area (Å²) in [6.07, 6.45) is 2.26. The number of nitrogens with zero attached hydrogens (tertiary/aromatic N) is 1. The minimum absolute atomic E-state index is 0.0872. The van der Waals surface area contributed by atoms with Crippen LogP contribution in [0.3, 0.4) is 0 Å². The van der Waals surface area contributed by atoms with Crippen LogP contribution in [-0.4, -0.2) is 24.7 Å². The first-order chi connectivity index (χ1) is 11.6. The summed E-state index contributed by atoms with van der Waals surface area (Å²) in [4.78, 5) is 11.7. The first-order valence-corrected chi connectivity index (χ1v) is 10.9. The van der Waals surface area contributed by atoms with E-state index >= 15 is 0 Å². The topological polar surface area (TPSA) is 80.6 Å². The second kappa shape index (κ2) is 7.51. The van der Waals surface area contributed by atoms with Gasteiger partial charge < -0.3 is 0 Å². The molecule has 132 valence electrons. The zero-order chi connectivity index (χ0) is 18.7. The Hall–Kier alpha value is -1.96. The Morgan fingerprint density at radius 2 is 1.52 bits per heavy atom. The van der Waals surface area contributed by atoms with E-state index in [2.05, 4.69) is 4.36 Å². The summed E-state index contributed by atoms with van der Waals surface area (Å²) in [5.74, 6) is -0.693. The number of Topliss-reactive ketones (excluding diaryl/α,β-unsaturated/α-hetero) is 1. The number of hydrogen-bond acceptors (Lipinski definition) is 5. The van der Waals surface area contributed by atoms with E-state index in [1.165, 1.54) is 30.5 Å². The average Bonchev–Trinajstić information content (AvgIpc) is 2.55. The maximum absolute atomic E-state index is 12.7. The summed E-state index contributed by atoms with van der Waals surface area (Å²) in [6, 6.07) is 13.8. The van der Waals surface area contributed by atoms with Gasteiger partial charge in [-0.15, -0.1) is 0 Å². The van der Waals surface area contributed by atoms with Crippen molar-refractivity contribution < 1.29 is 17.4 Å². The van der Waals surface area contributed by atoms with Crippen molar-refractivity contribution in [2.75, 3.05) is 6.26 Å². The number of rotatable bonds is 5. The Morgan fingerprint density at radius 1 is 0.960 bits per heavy atom. The summed E-state index contributed by atoms with van der Waals surface area (Å²) in [7, 11) is -6.97. The van der Waals surface area contributed by atoms with E-state index in [4.69, 9.17) is 11.6 Å². The Bertz CT molecular complexity index is 1030. The van der Waals surface area contributed by atoms with Gasteiger partial charge in [-0.25, -0.2) is 17.0 Å². The number of sulfone groups is 1. The van der Waals surface area contributed by atoms with Gasteiger partial charge in [0.15, 0.2) is 5.78 Å². The maximum atomic E-state index is 12.7. The number of halogens is 1. The summed E-state index contributed by atoms with van der Waals surface area (Å²) in [5.41, 5.74) is 0. The van der Waals surface area contributed by atoms with Crippen LogP contribution in [0.5, 0.6) is 0 Å². The van der Waals surface area contributed by atoms with Crippen molar-refractivity contribution in [3.8, 4) is 0 Å². The van der Waals surface area contributed by atoms with Crippen LogP contribution in [0.15, 0.2) is 79.9 Å². The third kappa shape index (κ3) is 4.56. The first-order valence-electron chi connectivity index (χ1n) is 7.13. The molecule has 0 N–H and O–H groups in total. The molecule has 1 atom stereocenters. The SMILES string of the molecule is CC(=O)C(=CN=S(C)(=O)c1ccccc1)S(=O)(=O)c1ccc(Cl)cc1. The first kappa shape index (κ1) is 19.4. The van der Waals surface area contributed by atoms with Crippen molar-refractivity contribution in [2.24, 2.45) is 4.36 Å². The quantitative estimate of drug-likeness (QED) is 0.720. The van der Waals surface area contributed by atoms with E-state index in [0.29, 0.717) is 9.92 Å². The highest BCUT2D eigenvalue weighted by Gasteiger charge is 2.24. The molecule has 0 aliphatic heterocycles. The number of hydrogen-bond donors (Lipinski definition) is 0. The molecule has 0 bridgehead atoms. The minimum atomic E-state index is -4.09. The van der Waals surface area contributed by atoms with Gasteiger partial charge in [0.1, 0.15) is 4.91 Å². The molecular formula is C17H16ClNO4S2. The highest BCUT2D eigenvalue weighted by atomic mass is 35.5. The van der Waals surface area contributed by atoms with Gasteiger partial charge in [-0.05, 0) is 43.3 Å². The molecule has 0 aliphatic carbocycles. The lowest BCUT2D eigenvalue weighted by atomic mass is 10.4. The summed E-state index contributed by atoms with van der Waals surface area (Å²) >= 11 is 5.76. The van der Waals surface area contributed by atoms with Crippen LogP contribution in [0, 0.1) is 0 Å². The van der Waals surface area contributed by atoms with Crippen molar-refractivity contribution in [3.63, 3.8) is 0 Å². The predicted molar refractivity (Wildman–Crippen MR) is 98.6 cm³/mol. The molecule has 0 amide bonds. The van der Waals surface area contributed by atoms with Crippen molar-refractivity contribution in [2.45, 2.75) is 16.7 Å². The van der Waals surface area contributed by atoms with Crippen LogP contribution in [0.4, 0.5) is 0 Å². The smallest absolute Gasteiger partial charge is 0.211 e. The fourth-order valence-corrected chi connectivity index (χ4v) is 4.57. The van der Waals surface area contributed by atoms with E-state index < -0.39 is 30.3 Å². The van der Waals surface area contributed by atoms with E-state index in [0.717, 1.165) is 13.1 Å². The molecule has 2 rings (SSSR count). The highest BCUT2D eigenvalue weighted by molar-refractivity contribution is 7.96. The predicted octanol–water partition coefficient (Wildman–Crippen LogP) is 3.70. The van der Waals surface area contributed by atoms with Gasteiger partial charge in [-0.2, -0.15) is 0 Å². The largest absolute Gasteiger partial charge is 0.294 e. The van der Waals surface area contributed by atoms with Crippen LogP contribution in [0.2, 0.25) is 5.02 Å². The third-order valence-corrected chi connectivity index (χ3v) is 7.08. The van der Waals surface area contributed by atoms with Gasteiger partial charge in [0.25, 0.3) is 0 Å². The number of carbonyl (C=O) groups excluding carboxylic acids is 1. The van der Waals surface area contributed by atoms with Crippen molar-refractivity contribution in [1.82, 2.24) is 0 Å². The van der Waals surface area contributed by atoms with Gasteiger partial charge in [-0.1, -0.05) is 29.8 Å². The zero-order valence-electron chi connectivity index (χ0n) is 13.5. The lowest BCUT2D eigenvalue weighted by molar-refractivity contribution is -0.113. The van der Waals surface area contributed by atoms with Crippen molar-refractivity contribution in [3.05, 3.63) is 70.7 Å². The van der Waals surface area contributed by atoms with Gasteiger partial charge in [-0.3, -0.25) is 4.79 Å².